The second-order valence-electron chi connectivity index (χ2n) is 3.87. The molecule has 0 atom stereocenters. The van der Waals surface area contributed by atoms with Crippen molar-refractivity contribution in [3.8, 4) is 11.6 Å². The minimum Gasteiger partial charge on any atom is -0.437 e. The first-order chi connectivity index (χ1) is 8.15. The zero-order valence-corrected chi connectivity index (χ0v) is 9.41. The van der Waals surface area contributed by atoms with Crippen molar-refractivity contribution in [2.75, 3.05) is 0 Å². The van der Waals surface area contributed by atoms with Gasteiger partial charge in [0.25, 0.3) is 0 Å². The number of H-pyrrole nitrogens is 1. The van der Waals surface area contributed by atoms with Crippen molar-refractivity contribution < 1.29 is 8.81 Å². The summed E-state index contributed by atoms with van der Waals surface area (Å²) < 4.78 is 18.9. The molecule has 0 amide bonds. The van der Waals surface area contributed by atoms with E-state index in [0.29, 0.717) is 28.5 Å². The summed E-state index contributed by atoms with van der Waals surface area (Å²) in [4.78, 5) is 11.4. The normalized spacial score (nSPS) is 11.2. The molecule has 0 unspecified atom stereocenters. The van der Waals surface area contributed by atoms with E-state index in [4.69, 9.17) is 4.42 Å². The van der Waals surface area contributed by atoms with Crippen molar-refractivity contribution in [2.45, 2.75) is 13.8 Å². The van der Waals surface area contributed by atoms with E-state index in [9.17, 15) is 4.39 Å². The van der Waals surface area contributed by atoms with Crippen molar-refractivity contribution >= 4 is 11.0 Å². The zero-order chi connectivity index (χ0) is 12.0. The predicted molar refractivity (Wildman–Crippen MR) is 61.0 cm³/mol. The second-order valence-corrected chi connectivity index (χ2v) is 3.87. The van der Waals surface area contributed by atoms with Crippen LogP contribution >= 0.6 is 0 Å². The zero-order valence-electron chi connectivity index (χ0n) is 9.41. The van der Waals surface area contributed by atoms with E-state index in [-0.39, 0.29) is 5.82 Å². The summed E-state index contributed by atoms with van der Waals surface area (Å²) in [5.74, 6) is 1.28. The maximum absolute atomic E-state index is 13.5. The lowest BCUT2D eigenvalue weighted by atomic mass is 10.3. The Morgan fingerprint density at radius 3 is 2.71 bits per heavy atom. The minimum atomic E-state index is -0.348. The number of nitrogens with one attached hydrogen (secondary N) is 1. The van der Waals surface area contributed by atoms with Gasteiger partial charge in [0.05, 0.1) is 11.2 Å². The van der Waals surface area contributed by atoms with Crippen LogP contribution in [0.1, 0.15) is 11.6 Å². The molecule has 2 heterocycles. The molecule has 3 aromatic rings. The summed E-state index contributed by atoms with van der Waals surface area (Å²) in [7, 11) is 0. The molecule has 1 N–H and O–H groups in total. The van der Waals surface area contributed by atoms with Gasteiger partial charge < -0.3 is 9.40 Å². The number of fused-ring (bicyclic) bond motifs is 1. The highest BCUT2D eigenvalue weighted by Crippen LogP contribution is 2.25. The van der Waals surface area contributed by atoms with Crippen molar-refractivity contribution in [3.05, 3.63) is 35.6 Å². The van der Waals surface area contributed by atoms with E-state index in [1.165, 1.54) is 6.07 Å². The molecule has 0 fully saturated rings. The maximum Gasteiger partial charge on any atom is 0.192 e. The first-order valence-corrected chi connectivity index (χ1v) is 5.24. The third-order valence-electron chi connectivity index (χ3n) is 2.58. The van der Waals surface area contributed by atoms with E-state index in [0.717, 1.165) is 5.69 Å². The summed E-state index contributed by atoms with van der Waals surface area (Å²) in [6.07, 6.45) is 0. The van der Waals surface area contributed by atoms with Crippen molar-refractivity contribution in [1.29, 1.82) is 0 Å². The van der Waals surface area contributed by atoms with Gasteiger partial charge in [-0.15, -0.1) is 0 Å². The molecule has 2 aromatic heterocycles. The van der Waals surface area contributed by atoms with Gasteiger partial charge in [-0.05, 0) is 19.1 Å². The van der Waals surface area contributed by atoms with E-state index >= 15 is 0 Å². The number of hydrogen-bond acceptors (Lipinski definition) is 3. The molecule has 0 saturated carbocycles. The molecule has 0 spiro atoms. The largest absolute Gasteiger partial charge is 0.437 e. The molecular weight excluding hydrogens is 221 g/mol. The number of aromatic amines is 1. The van der Waals surface area contributed by atoms with E-state index in [1.807, 2.05) is 6.92 Å². The lowest BCUT2D eigenvalue weighted by Crippen LogP contribution is -1.80. The minimum absolute atomic E-state index is 0.316. The maximum atomic E-state index is 13.5. The van der Waals surface area contributed by atoms with Gasteiger partial charge in [-0.3, -0.25) is 0 Å². The van der Waals surface area contributed by atoms with Gasteiger partial charge in [0, 0.05) is 6.92 Å². The summed E-state index contributed by atoms with van der Waals surface area (Å²) in [5.41, 5.74) is 1.70. The highest BCUT2D eigenvalue weighted by Gasteiger charge is 2.15. The fourth-order valence-corrected chi connectivity index (χ4v) is 1.86. The molecule has 4 nitrogen and oxygen atoms in total. The highest BCUT2D eigenvalue weighted by atomic mass is 19.1. The number of aromatic nitrogens is 3. The Kier molecular flexibility index (Phi) is 2.01. The molecule has 0 bridgehead atoms. The summed E-state index contributed by atoms with van der Waals surface area (Å²) in [5, 5.41) is 0. The summed E-state index contributed by atoms with van der Waals surface area (Å²) in [6.45, 7) is 3.59. The van der Waals surface area contributed by atoms with Gasteiger partial charge in [-0.2, -0.15) is 0 Å². The van der Waals surface area contributed by atoms with Gasteiger partial charge in [0.1, 0.15) is 5.52 Å². The van der Waals surface area contributed by atoms with Gasteiger partial charge in [0.2, 0.25) is 0 Å². The molecule has 0 aliphatic rings. The Hall–Kier alpha value is -2.17. The van der Waals surface area contributed by atoms with Gasteiger partial charge in [-0.25, -0.2) is 14.4 Å². The molecule has 0 aliphatic heterocycles. The molecule has 3 rings (SSSR count). The smallest absolute Gasteiger partial charge is 0.192 e. The molecule has 0 saturated heterocycles. The number of hydrogen-bond donors (Lipinski definition) is 1. The Morgan fingerprint density at radius 1 is 1.24 bits per heavy atom. The van der Waals surface area contributed by atoms with Crippen molar-refractivity contribution in [1.82, 2.24) is 15.0 Å². The number of oxazole rings is 1. The Morgan fingerprint density at radius 2 is 2.06 bits per heavy atom. The average molecular weight is 231 g/mol. The predicted octanol–water partition coefficient (Wildman–Crippen LogP) is 2.97. The quantitative estimate of drug-likeness (QED) is 0.700. The van der Waals surface area contributed by atoms with Crippen LogP contribution in [0.25, 0.3) is 22.6 Å². The second kappa shape index (κ2) is 3.41. The standard InChI is InChI=1S/C12H10FN3O/c1-6-11(17-7(2)14-6)12-15-9-5-3-4-8(13)10(9)16-12/h3-5H,1-2H3,(H,15,16). The first kappa shape index (κ1) is 10.0. The topological polar surface area (TPSA) is 54.7 Å². The van der Waals surface area contributed by atoms with Gasteiger partial charge >= 0.3 is 0 Å². The summed E-state index contributed by atoms with van der Waals surface area (Å²) >= 11 is 0. The number of halogens is 1. The Bertz CT molecular complexity index is 699. The lowest BCUT2D eigenvalue weighted by Gasteiger charge is -1.89. The molecular formula is C12H10FN3O. The fraction of sp³-hybridized carbons (Fsp3) is 0.167. The third kappa shape index (κ3) is 1.51. The van der Waals surface area contributed by atoms with Crippen LogP contribution in [-0.4, -0.2) is 15.0 Å². The van der Waals surface area contributed by atoms with Crippen LogP contribution in [0.5, 0.6) is 0 Å². The van der Waals surface area contributed by atoms with Crippen LogP contribution in [0.2, 0.25) is 0 Å². The van der Waals surface area contributed by atoms with Crippen LogP contribution < -0.4 is 0 Å². The van der Waals surface area contributed by atoms with Crippen LogP contribution in [0.3, 0.4) is 0 Å². The highest BCUT2D eigenvalue weighted by molar-refractivity contribution is 5.79. The van der Waals surface area contributed by atoms with Crippen molar-refractivity contribution in [2.24, 2.45) is 0 Å². The Labute approximate surface area is 96.5 Å². The van der Waals surface area contributed by atoms with Crippen LogP contribution in [-0.2, 0) is 0 Å². The number of benzene rings is 1. The van der Waals surface area contributed by atoms with Gasteiger partial charge in [-0.1, -0.05) is 6.07 Å². The number of imidazole rings is 1. The van der Waals surface area contributed by atoms with Gasteiger partial charge in [0.15, 0.2) is 23.3 Å². The molecule has 0 radical (unpaired) electrons. The third-order valence-corrected chi connectivity index (χ3v) is 2.58. The number of aryl methyl sites for hydroxylation is 2. The lowest BCUT2D eigenvalue weighted by molar-refractivity contribution is 0.531. The fourth-order valence-electron chi connectivity index (χ4n) is 1.86. The van der Waals surface area contributed by atoms with Crippen LogP contribution in [0, 0.1) is 19.7 Å². The number of para-hydroxylation sites is 1. The molecule has 17 heavy (non-hydrogen) atoms. The van der Waals surface area contributed by atoms with E-state index in [2.05, 4.69) is 15.0 Å². The van der Waals surface area contributed by atoms with E-state index in [1.54, 1.807) is 19.1 Å². The average Bonchev–Trinajstić information content (AvgIpc) is 2.82. The molecule has 0 aliphatic carbocycles. The van der Waals surface area contributed by atoms with Crippen LogP contribution in [0.4, 0.5) is 4.39 Å². The molecule has 86 valence electrons. The van der Waals surface area contributed by atoms with Crippen molar-refractivity contribution in [3.63, 3.8) is 0 Å². The SMILES string of the molecule is Cc1nc(C)c(-c2nc3c(F)cccc3[nH]2)o1. The molecule has 1 aromatic carbocycles. The Balaban J connectivity index is 2.25. The monoisotopic (exact) mass is 231 g/mol. The molecule has 5 heteroatoms. The van der Waals surface area contributed by atoms with E-state index < -0.39 is 0 Å². The number of rotatable bonds is 1. The van der Waals surface area contributed by atoms with Crippen LogP contribution in [0.15, 0.2) is 22.6 Å². The number of nitrogens with zero attached hydrogens (tertiary/aromatic N) is 2. The first-order valence-electron chi connectivity index (χ1n) is 5.24. The summed E-state index contributed by atoms with van der Waals surface area (Å²) in [6, 6.07) is 4.79.